The van der Waals surface area contributed by atoms with E-state index in [-0.39, 0.29) is 11.7 Å². The molecular weight excluding hydrogens is 392 g/mol. The molecule has 0 spiro atoms. The summed E-state index contributed by atoms with van der Waals surface area (Å²) in [7, 11) is 0. The number of aromatic nitrogens is 3. The first-order valence-electron chi connectivity index (χ1n) is 9.68. The highest BCUT2D eigenvalue weighted by atomic mass is 32.2. The number of thioether (sulfide) groups is 1. The van der Waals surface area contributed by atoms with Gasteiger partial charge in [0.05, 0.1) is 11.4 Å². The predicted molar refractivity (Wildman–Crippen MR) is 122 cm³/mol. The van der Waals surface area contributed by atoms with E-state index in [2.05, 4.69) is 17.3 Å². The van der Waals surface area contributed by atoms with Crippen molar-refractivity contribution in [2.45, 2.75) is 19.0 Å². The molecule has 0 aliphatic heterocycles. The summed E-state index contributed by atoms with van der Waals surface area (Å²) < 4.78 is 1.82. The third-order valence-corrected chi connectivity index (χ3v) is 5.58. The van der Waals surface area contributed by atoms with Gasteiger partial charge in [0.15, 0.2) is 5.82 Å². The van der Waals surface area contributed by atoms with E-state index in [0.29, 0.717) is 5.16 Å². The Labute approximate surface area is 180 Å². The molecule has 0 atom stereocenters. The van der Waals surface area contributed by atoms with Crippen LogP contribution in [0.2, 0.25) is 0 Å². The maximum absolute atomic E-state index is 12.4. The molecule has 0 unspecified atom stereocenters. The van der Waals surface area contributed by atoms with Gasteiger partial charge in [-0.1, -0.05) is 66.4 Å². The van der Waals surface area contributed by atoms with Gasteiger partial charge in [0.1, 0.15) is 0 Å². The standard InChI is InChI=1S/C24H22N4OS/c1-17-13-14-20(15-18(17)2)25-22(29)16-30-24-26-23(19-9-5-3-6-10-19)28(27-24)21-11-7-4-8-12-21/h3-15H,16H2,1-2H3,(H,25,29). The summed E-state index contributed by atoms with van der Waals surface area (Å²) in [6.07, 6.45) is 0. The Morgan fingerprint density at radius 2 is 1.63 bits per heavy atom. The number of hydrogen-bond donors (Lipinski definition) is 1. The topological polar surface area (TPSA) is 59.8 Å². The Balaban J connectivity index is 1.52. The second kappa shape index (κ2) is 8.97. The third-order valence-electron chi connectivity index (χ3n) is 4.74. The van der Waals surface area contributed by atoms with E-state index in [4.69, 9.17) is 4.98 Å². The molecule has 1 amide bonds. The summed E-state index contributed by atoms with van der Waals surface area (Å²) in [6, 6.07) is 25.7. The molecule has 4 aromatic rings. The predicted octanol–water partition coefficient (Wildman–Crippen LogP) is 5.28. The van der Waals surface area contributed by atoms with Crippen LogP contribution in [0.4, 0.5) is 5.69 Å². The minimum Gasteiger partial charge on any atom is -0.325 e. The number of para-hydroxylation sites is 1. The summed E-state index contributed by atoms with van der Waals surface area (Å²) in [5.41, 5.74) is 5.05. The molecule has 3 aromatic carbocycles. The number of anilines is 1. The Morgan fingerprint density at radius 3 is 2.33 bits per heavy atom. The van der Waals surface area contributed by atoms with E-state index in [1.165, 1.54) is 17.3 Å². The normalized spacial score (nSPS) is 10.7. The van der Waals surface area contributed by atoms with Crippen molar-refractivity contribution >= 4 is 23.4 Å². The number of carbonyl (C=O) groups is 1. The minimum absolute atomic E-state index is 0.0828. The van der Waals surface area contributed by atoms with Crippen molar-refractivity contribution in [2.24, 2.45) is 0 Å². The highest BCUT2D eigenvalue weighted by Crippen LogP contribution is 2.25. The van der Waals surface area contributed by atoms with E-state index >= 15 is 0 Å². The first-order chi connectivity index (χ1) is 14.6. The molecule has 4 rings (SSSR count). The van der Waals surface area contributed by atoms with E-state index < -0.39 is 0 Å². The van der Waals surface area contributed by atoms with Crippen LogP contribution in [0.3, 0.4) is 0 Å². The molecule has 0 aliphatic carbocycles. The van der Waals surface area contributed by atoms with Crippen molar-refractivity contribution in [3.8, 4) is 17.1 Å². The number of nitrogens with zero attached hydrogens (tertiary/aromatic N) is 3. The molecule has 6 heteroatoms. The van der Waals surface area contributed by atoms with Gasteiger partial charge in [0, 0.05) is 11.3 Å². The second-order valence-electron chi connectivity index (χ2n) is 6.97. The summed E-state index contributed by atoms with van der Waals surface area (Å²) in [5.74, 6) is 0.902. The van der Waals surface area contributed by atoms with Crippen molar-refractivity contribution < 1.29 is 4.79 Å². The number of rotatable bonds is 6. The first-order valence-corrected chi connectivity index (χ1v) is 10.7. The van der Waals surface area contributed by atoms with Gasteiger partial charge in [0.2, 0.25) is 11.1 Å². The molecule has 1 heterocycles. The molecule has 0 radical (unpaired) electrons. The molecular formula is C24H22N4OS. The third kappa shape index (κ3) is 4.60. The Hall–Kier alpha value is -3.38. The average Bonchev–Trinajstić information content (AvgIpc) is 3.21. The van der Waals surface area contributed by atoms with E-state index in [0.717, 1.165) is 28.3 Å². The van der Waals surface area contributed by atoms with Crippen molar-refractivity contribution in [3.05, 3.63) is 90.0 Å². The highest BCUT2D eigenvalue weighted by molar-refractivity contribution is 7.99. The molecule has 1 N–H and O–H groups in total. The first kappa shape index (κ1) is 19.9. The number of carbonyl (C=O) groups excluding carboxylic acids is 1. The highest BCUT2D eigenvalue weighted by Gasteiger charge is 2.15. The summed E-state index contributed by atoms with van der Waals surface area (Å²) in [4.78, 5) is 17.1. The zero-order valence-electron chi connectivity index (χ0n) is 16.9. The smallest absolute Gasteiger partial charge is 0.234 e. The van der Waals surface area contributed by atoms with Crippen molar-refractivity contribution in [3.63, 3.8) is 0 Å². The molecule has 5 nitrogen and oxygen atoms in total. The van der Waals surface area contributed by atoms with Crippen LogP contribution in [0.25, 0.3) is 17.1 Å². The van der Waals surface area contributed by atoms with Crippen LogP contribution in [0.5, 0.6) is 0 Å². The van der Waals surface area contributed by atoms with Crippen LogP contribution in [0.15, 0.2) is 84.0 Å². The van der Waals surface area contributed by atoms with Gasteiger partial charge in [-0.3, -0.25) is 4.79 Å². The molecule has 1 aromatic heterocycles. The van der Waals surface area contributed by atoms with Gasteiger partial charge >= 0.3 is 0 Å². The van der Waals surface area contributed by atoms with Gasteiger partial charge in [-0.15, -0.1) is 5.10 Å². The van der Waals surface area contributed by atoms with Gasteiger partial charge in [-0.05, 0) is 49.2 Å². The Kier molecular flexibility index (Phi) is 5.95. The lowest BCUT2D eigenvalue weighted by Crippen LogP contribution is -2.14. The fourth-order valence-corrected chi connectivity index (χ4v) is 3.65. The van der Waals surface area contributed by atoms with Crippen LogP contribution in [-0.4, -0.2) is 26.4 Å². The zero-order chi connectivity index (χ0) is 20.9. The minimum atomic E-state index is -0.0828. The van der Waals surface area contributed by atoms with Crippen molar-refractivity contribution in [1.82, 2.24) is 14.8 Å². The number of nitrogens with one attached hydrogen (secondary N) is 1. The monoisotopic (exact) mass is 414 g/mol. The fraction of sp³-hybridized carbons (Fsp3) is 0.125. The lowest BCUT2D eigenvalue weighted by molar-refractivity contribution is -0.113. The molecule has 0 fully saturated rings. The Morgan fingerprint density at radius 1 is 0.933 bits per heavy atom. The van der Waals surface area contributed by atoms with E-state index in [1.807, 2.05) is 90.5 Å². The number of aryl methyl sites for hydroxylation is 2. The fourth-order valence-electron chi connectivity index (χ4n) is 3.02. The largest absolute Gasteiger partial charge is 0.325 e. The van der Waals surface area contributed by atoms with Crippen LogP contribution >= 0.6 is 11.8 Å². The van der Waals surface area contributed by atoms with Gasteiger partial charge < -0.3 is 5.32 Å². The van der Waals surface area contributed by atoms with Gasteiger partial charge in [-0.2, -0.15) is 0 Å². The summed E-state index contributed by atoms with van der Waals surface area (Å²) in [5, 5.41) is 8.16. The lowest BCUT2D eigenvalue weighted by Gasteiger charge is -2.06. The van der Waals surface area contributed by atoms with Crippen LogP contribution in [0.1, 0.15) is 11.1 Å². The molecule has 150 valence electrons. The SMILES string of the molecule is Cc1ccc(NC(=O)CSc2nc(-c3ccccc3)n(-c3ccccc3)n2)cc1C. The number of amides is 1. The molecule has 0 saturated heterocycles. The van der Waals surface area contributed by atoms with Crippen LogP contribution < -0.4 is 5.32 Å². The molecule has 0 saturated carbocycles. The van der Waals surface area contributed by atoms with E-state index in [9.17, 15) is 4.79 Å². The average molecular weight is 415 g/mol. The van der Waals surface area contributed by atoms with Crippen LogP contribution in [0, 0.1) is 13.8 Å². The second-order valence-corrected chi connectivity index (χ2v) is 7.91. The van der Waals surface area contributed by atoms with Gasteiger partial charge in [-0.25, -0.2) is 9.67 Å². The molecule has 0 aliphatic rings. The lowest BCUT2D eigenvalue weighted by atomic mass is 10.1. The maximum Gasteiger partial charge on any atom is 0.234 e. The van der Waals surface area contributed by atoms with Gasteiger partial charge in [0.25, 0.3) is 0 Å². The number of benzene rings is 3. The maximum atomic E-state index is 12.4. The summed E-state index contributed by atoms with van der Waals surface area (Å²) in [6.45, 7) is 4.08. The zero-order valence-corrected chi connectivity index (χ0v) is 17.7. The van der Waals surface area contributed by atoms with Crippen molar-refractivity contribution in [2.75, 3.05) is 11.1 Å². The van der Waals surface area contributed by atoms with Crippen molar-refractivity contribution in [1.29, 1.82) is 0 Å². The molecule has 0 bridgehead atoms. The quantitative estimate of drug-likeness (QED) is 0.436. The van der Waals surface area contributed by atoms with E-state index in [1.54, 1.807) is 0 Å². The molecule has 30 heavy (non-hydrogen) atoms. The van der Waals surface area contributed by atoms with Crippen LogP contribution in [-0.2, 0) is 4.79 Å². The summed E-state index contributed by atoms with van der Waals surface area (Å²) >= 11 is 1.32. The Bertz CT molecular complexity index is 1100. The number of hydrogen-bond acceptors (Lipinski definition) is 4.